The first-order valence-electron chi connectivity index (χ1n) is 9.74. The van der Waals surface area contributed by atoms with Gasteiger partial charge in [-0.25, -0.2) is 13.7 Å². The van der Waals surface area contributed by atoms with Gasteiger partial charge in [0.15, 0.2) is 0 Å². The summed E-state index contributed by atoms with van der Waals surface area (Å²) in [7, 11) is 0. The largest absolute Gasteiger partial charge is 0.508 e. The number of rotatable bonds is 8. The molecule has 0 aliphatic rings. The number of urea groups is 1. The standard InChI is InChI=1S/C22H20F3N3O5S/c23-22(24,25)18-3-1-2-4-20(18)33-13-14-5-7-16(8-6-14)27-21(30)28-17-9-10-19(29)15(11-17)12-26-34(31)32/h1-11,26,29H,12-13H2,(H,31,32)(H2,27,28,30). The van der Waals surface area contributed by atoms with E-state index in [0.717, 1.165) is 6.07 Å². The zero-order chi connectivity index (χ0) is 24.7. The highest BCUT2D eigenvalue weighted by molar-refractivity contribution is 7.77. The predicted octanol–water partition coefficient (Wildman–Crippen LogP) is 4.86. The highest BCUT2D eigenvalue weighted by Crippen LogP contribution is 2.36. The van der Waals surface area contributed by atoms with Gasteiger partial charge in [-0.1, -0.05) is 24.3 Å². The summed E-state index contributed by atoms with van der Waals surface area (Å²) >= 11 is -2.26. The second-order valence-electron chi connectivity index (χ2n) is 6.97. The average Bonchev–Trinajstić information content (AvgIpc) is 2.78. The van der Waals surface area contributed by atoms with Crippen LogP contribution in [-0.2, 0) is 30.6 Å². The first kappa shape index (κ1) is 25.0. The Hall–Kier alpha value is -3.61. The van der Waals surface area contributed by atoms with Crippen molar-refractivity contribution in [2.75, 3.05) is 10.6 Å². The predicted molar refractivity (Wildman–Crippen MR) is 121 cm³/mol. The molecule has 34 heavy (non-hydrogen) atoms. The Labute approximate surface area is 195 Å². The maximum absolute atomic E-state index is 13.1. The van der Waals surface area contributed by atoms with E-state index in [1.807, 2.05) is 0 Å². The number of aromatic hydroxyl groups is 1. The lowest BCUT2D eigenvalue weighted by atomic mass is 10.2. The van der Waals surface area contributed by atoms with Crippen LogP contribution in [0.25, 0.3) is 0 Å². The van der Waals surface area contributed by atoms with Crippen molar-refractivity contribution in [3.8, 4) is 11.5 Å². The van der Waals surface area contributed by atoms with Crippen LogP contribution in [-0.4, -0.2) is 19.9 Å². The molecule has 8 nitrogen and oxygen atoms in total. The number of halogens is 3. The van der Waals surface area contributed by atoms with Crippen molar-refractivity contribution in [1.29, 1.82) is 0 Å². The van der Waals surface area contributed by atoms with Crippen LogP contribution in [0.2, 0.25) is 0 Å². The third-order valence-electron chi connectivity index (χ3n) is 4.52. The number of alkyl halides is 3. The number of ether oxygens (including phenoxy) is 1. The van der Waals surface area contributed by atoms with E-state index in [1.54, 1.807) is 24.3 Å². The number of hydrogen-bond donors (Lipinski definition) is 5. The number of para-hydroxylation sites is 1. The Morgan fingerprint density at radius 2 is 1.62 bits per heavy atom. The van der Waals surface area contributed by atoms with Gasteiger partial charge in [0.05, 0.1) is 5.56 Å². The van der Waals surface area contributed by atoms with E-state index >= 15 is 0 Å². The van der Waals surface area contributed by atoms with Crippen molar-refractivity contribution >= 4 is 28.7 Å². The molecule has 0 saturated heterocycles. The fourth-order valence-corrected chi connectivity index (χ4v) is 3.19. The zero-order valence-corrected chi connectivity index (χ0v) is 18.2. The molecule has 3 aromatic rings. The van der Waals surface area contributed by atoms with Crippen molar-refractivity contribution in [2.24, 2.45) is 0 Å². The van der Waals surface area contributed by atoms with Crippen LogP contribution >= 0.6 is 0 Å². The van der Waals surface area contributed by atoms with E-state index in [0.29, 0.717) is 22.5 Å². The van der Waals surface area contributed by atoms with E-state index in [4.69, 9.17) is 9.29 Å². The fraction of sp³-hybridized carbons (Fsp3) is 0.136. The van der Waals surface area contributed by atoms with Crippen LogP contribution in [0, 0.1) is 0 Å². The molecule has 180 valence electrons. The molecule has 0 aliphatic carbocycles. The minimum absolute atomic E-state index is 0.0942. The van der Waals surface area contributed by atoms with Gasteiger partial charge >= 0.3 is 12.2 Å². The molecule has 0 spiro atoms. The number of nitrogens with one attached hydrogen (secondary N) is 3. The molecule has 0 aromatic heterocycles. The van der Waals surface area contributed by atoms with Crippen LogP contribution < -0.4 is 20.1 Å². The lowest BCUT2D eigenvalue weighted by Gasteiger charge is -2.14. The highest BCUT2D eigenvalue weighted by atomic mass is 32.2. The topological polar surface area (TPSA) is 120 Å². The molecule has 5 N–H and O–H groups in total. The third kappa shape index (κ3) is 7.20. The number of phenols is 1. The van der Waals surface area contributed by atoms with E-state index in [1.165, 1.54) is 36.4 Å². The second-order valence-corrected chi connectivity index (χ2v) is 7.76. The molecule has 12 heteroatoms. The Morgan fingerprint density at radius 3 is 2.29 bits per heavy atom. The van der Waals surface area contributed by atoms with Crippen molar-refractivity contribution in [3.05, 3.63) is 83.4 Å². The van der Waals surface area contributed by atoms with Crippen LogP contribution in [0.3, 0.4) is 0 Å². The van der Waals surface area contributed by atoms with Crippen LogP contribution in [0.1, 0.15) is 16.7 Å². The molecule has 0 heterocycles. The van der Waals surface area contributed by atoms with Gasteiger partial charge in [0.25, 0.3) is 0 Å². The Bertz CT molecular complexity index is 1170. The summed E-state index contributed by atoms with van der Waals surface area (Å²) in [5, 5.41) is 15.0. The molecule has 0 bridgehead atoms. The number of amides is 2. The second kappa shape index (κ2) is 11.0. The number of anilines is 2. The van der Waals surface area contributed by atoms with Gasteiger partial charge in [0.1, 0.15) is 18.1 Å². The van der Waals surface area contributed by atoms with Crippen LogP contribution in [0.5, 0.6) is 11.5 Å². The molecule has 2 amide bonds. The van der Waals surface area contributed by atoms with Crippen molar-refractivity contribution in [2.45, 2.75) is 19.3 Å². The Balaban J connectivity index is 1.56. The van der Waals surface area contributed by atoms with Gasteiger partial charge in [0.2, 0.25) is 11.3 Å². The maximum atomic E-state index is 13.1. The minimum Gasteiger partial charge on any atom is -0.508 e. The van der Waals surface area contributed by atoms with Gasteiger partial charge in [-0.3, -0.25) is 4.55 Å². The first-order chi connectivity index (χ1) is 16.1. The zero-order valence-electron chi connectivity index (χ0n) is 17.4. The van der Waals surface area contributed by atoms with Gasteiger partial charge in [-0.15, -0.1) is 0 Å². The third-order valence-corrected chi connectivity index (χ3v) is 4.91. The summed E-state index contributed by atoms with van der Waals surface area (Å²) in [4.78, 5) is 12.3. The summed E-state index contributed by atoms with van der Waals surface area (Å²) in [6, 6.07) is 14.9. The monoisotopic (exact) mass is 495 g/mol. The lowest BCUT2D eigenvalue weighted by molar-refractivity contribution is -0.139. The highest BCUT2D eigenvalue weighted by Gasteiger charge is 2.33. The number of carbonyl (C=O) groups is 1. The van der Waals surface area contributed by atoms with Crippen LogP contribution in [0.15, 0.2) is 66.7 Å². The number of hydrogen-bond acceptors (Lipinski definition) is 4. The maximum Gasteiger partial charge on any atom is 0.419 e. The number of benzene rings is 3. The molecule has 1 atom stereocenters. The molecule has 1 unspecified atom stereocenters. The average molecular weight is 495 g/mol. The van der Waals surface area contributed by atoms with Gasteiger partial charge in [-0.2, -0.15) is 13.2 Å². The van der Waals surface area contributed by atoms with Crippen molar-refractivity contribution in [1.82, 2.24) is 4.72 Å². The molecule has 0 saturated carbocycles. The van der Waals surface area contributed by atoms with Gasteiger partial charge in [-0.05, 0) is 48.0 Å². The summed E-state index contributed by atoms with van der Waals surface area (Å²) in [5.74, 6) is -0.384. The molecule has 3 rings (SSSR count). The first-order valence-corrected chi connectivity index (χ1v) is 10.8. The Kier molecular flexibility index (Phi) is 8.10. The smallest absolute Gasteiger partial charge is 0.419 e. The molecule has 0 aliphatic heterocycles. The SMILES string of the molecule is O=C(Nc1ccc(COc2ccccc2C(F)(F)F)cc1)Nc1ccc(O)c(CNS(=O)O)c1. The van der Waals surface area contributed by atoms with E-state index in [9.17, 15) is 27.3 Å². The molecule has 0 radical (unpaired) electrons. The summed E-state index contributed by atoms with van der Waals surface area (Å²) in [5.41, 5.74) is 0.803. The van der Waals surface area contributed by atoms with Gasteiger partial charge < -0.3 is 20.5 Å². The quantitative estimate of drug-likeness (QED) is 0.226. The number of carbonyl (C=O) groups excluding carboxylic acids is 1. The van der Waals surface area contributed by atoms with Crippen LogP contribution in [0.4, 0.5) is 29.3 Å². The molecule has 0 fully saturated rings. The molecule has 3 aromatic carbocycles. The lowest BCUT2D eigenvalue weighted by Crippen LogP contribution is -2.20. The minimum atomic E-state index is -4.52. The van der Waals surface area contributed by atoms with Crippen molar-refractivity contribution < 1.29 is 36.6 Å². The normalized spacial score (nSPS) is 12.1. The summed E-state index contributed by atoms with van der Waals surface area (Å²) < 4.78 is 66.2. The van der Waals surface area contributed by atoms with E-state index in [-0.39, 0.29) is 24.7 Å². The summed E-state index contributed by atoms with van der Waals surface area (Å²) in [6.07, 6.45) is -4.52. The Morgan fingerprint density at radius 1 is 0.971 bits per heavy atom. The van der Waals surface area contributed by atoms with E-state index in [2.05, 4.69) is 15.4 Å². The van der Waals surface area contributed by atoms with Crippen molar-refractivity contribution in [3.63, 3.8) is 0 Å². The molecular formula is C22H20F3N3O5S. The summed E-state index contributed by atoms with van der Waals surface area (Å²) in [6.45, 7) is -0.189. The number of phenolic OH excluding ortho intramolecular Hbond substituents is 1. The fourth-order valence-electron chi connectivity index (χ4n) is 2.91. The molecular weight excluding hydrogens is 475 g/mol. The van der Waals surface area contributed by atoms with Gasteiger partial charge in [0, 0.05) is 23.5 Å². The van der Waals surface area contributed by atoms with E-state index < -0.39 is 29.0 Å².